The molecule has 1 fully saturated rings. The lowest BCUT2D eigenvalue weighted by atomic mass is 10.2. The first-order valence-corrected chi connectivity index (χ1v) is 8.47. The normalized spacial score (nSPS) is 19.6. The lowest BCUT2D eigenvalue weighted by Crippen LogP contribution is -2.37. The first-order chi connectivity index (χ1) is 9.79. The third-order valence-corrected chi connectivity index (χ3v) is 5.53. The number of benzene rings is 1. The molecule has 0 aromatic heterocycles. The number of amides is 1. The fourth-order valence-corrected chi connectivity index (χ4v) is 3.98. The van der Waals surface area contributed by atoms with E-state index in [9.17, 15) is 17.6 Å². The Balaban J connectivity index is 0.00000242. The molecule has 0 spiro atoms. The maximum absolute atomic E-state index is 12.8. The van der Waals surface area contributed by atoms with Gasteiger partial charge >= 0.3 is 0 Å². The van der Waals surface area contributed by atoms with Crippen LogP contribution in [0.5, 0.6) is 0 Å². The highest BCUT2D eigenvalue weighted by Gasteiger charge is 2.30. The third kappa shape index (κ3) is 4.41. The van der Waals surface area contributed by atoms with Gasteiger partial charge in [0.2, 0.25) is 5.91 Å². The van der Waals surface area contributed by atoms with Gasteiger partial charge in [-0.1, -0.05) is 6.92 Å². The van der Waals surface area contributed by atoms with Gasteiger partial charge in [-0.2, -0.15) is 0 Å². The molecule has 0 aliphatic carbocycles. The maximum atomic E-state index is 12.8. The highest BCUT2D eigenvalue weighted by molar-refractivity contribution is 7.91. The van der Waals surface area contributed by atoms with Crippen LogP contribution in [-0.4, -0.2) is 44.1 Å². The van der Waals surface area contributed by atoms with Gasteiger partial charge < -0.3 is 10.6 Å². The summed E-state index contributed by atoms with van der Waals surface area (Å²) in [4.78, 5) is 13.8. The van der Waals surface area contributed by atoms with Gasteiger partial charge in [-0.25, -0.2) is 12.8 Å². The molecule has 1 aromatic carbocycles. The Labute approximate surface area is 136 Å². The van der Waals surface area contributed by atoms with Crippen LogP contribution in [0.25, 0.3) is 0 Å². The summed E-state index contributed by atoms with van der Waals surface area (Å²) in [7, 11) is -3.61. The van der Waals surface area contributed by atoms with Crippen LogP contribution in [0.4, 0.5) is 4.39 Å². The van der Waals surface area contributed by atoms with Gasteiger partial charge in [0.05, 0.1) is 10.6 Å². The number of nitrogens with two attached hydrogens (primary N) is 1. The molecule has 1 amide bonds. The number of hydrogen-bond donors (Lipinski definition) is 1. The number of nitrogens with zero attached hydrogens (tertiary/aromatic N) is 1. The molecule has 5 nitrogen and oxygen atoms in total. The molecule has 2 atom stereocenters. The SMILES string of the molecule is CC(CS(=O)(=O)c1ccc(F)cc1)C(=O)N1CC[C@@H](N)C1.Cl. The average Bonchev–Trinajstić information content (AvgIpc) is 2.84. The molecule has 1 aliphatic rings. The molecule has 1 saturated heterocycles. The van der Waals surface area contributed by atoms with Crippen molar-refractivity contribution in [2.45, 2.75) is 24.3 Å². The van der Waals surface area contributed by atoms with E-state index in [2.05, 4.69) is 0 Å². The van der Waals surface area contributed by atoms with Gasteiger partial charge in [0.25, 0.3) is 0 Å². The largest absolute Gasteiger partial charge is 0.341 e. The molecule has 22 heavy (non-hydrogen) atoms. The number of halogens is 2. The van der Waals surface area contributed by atoms with Crippen LogP contribution in [-0.2, 0) is 14.6 Å². The summed E-state index contributed by atoms with van der Waals surface area (Å²) in [6, 6.07) is 4.59. The summed E-state index contributed by atoms with van der Waals surface area (Å²) < 4.78 is 37.3. The number of likely N-dealkylation sites (tertiary alicyclic amines) is 1. The Hall–Kier alpha value is -1.18. The summed E-state index contributed by atoms with van der Waals surface area (Å²) in [6.45, 7) is 2.63. The minimum Gasteiger partial charge on any atom is -0.341 e. The van der Waals surface area contributed by atoms with Gasteiger partial charge in [0.1, 0.15) is 5.82 Å². The maximum Gasteiger partial charge on any atom is 0.226 e. The first-order valence-electron chi connectivity index (χ1n) is 6.82. The summed E-state index contributed by atoms with van der Waals surface area (Å²) >= 11 is 0. The van der Waals surface area contributed by atoms with E-state index in [0.29, 0.717) is 13.1 Å². The van der Waals surface area contributed by atoms with E-state index in [4.69, 9.17) is 5.73 Å². The van der Waals surface area contributed by atoms with Gasteiger partial charge in [-0.05, 0) is 30.7 Å². The van der Waals surface area contributed by atoms with Crippen molar-refractivity contribution in [2.24, 2.45) is 11.7 Å². The molecule has 1 unspecified atom stereocenters. The predicted octanol–water partition coefficient (Wildman–Crippen LogP) is 1.22. The predicted molar refractivity (Wildman–Crippen MR) is 84.0 cm³/mol. The summed E-state index contributed by atoms with van der Waals surface area (Å²) in [5.74, 6) is -1.63. The van der Waals surface area contributed by atoms with E-state index in [-0.39, 0.29) is 35.0 Å². The molecular weight excluding hydrogens is 331 g/mol. The van der Waals surface area contributed by atoms with Gasteiger partial charge in [0, 0.05) is 25.0 Å². The smallest absolute Gasteiger partial charge is 0.226 e. The van der Waals surface area contributed by atoms with Crippen molar-refractivity contribution in [1.82, 2.24) is 4.90 Å². The van der Waals surface area contributed by atoms with E-state index >= 15 is 0 Å². The molecule has 1 aromatic rings. The topological polar surface area (TPSA) is 80.5 Å². The molecule has 2 rings (SSSR count). The molecule has 0 bridgehead atoms. The fourth-order valence-electron chi connectivity index (χ4n) is 2.44. The minimum atomic E-state index is -3.61. The highest BCUT2D eigenvalue weighted by atomic mass is 35.5. The Kier molecular flexibility index (Phi) is 6.34. The van der Waals surface area contributed by atoms with Crippen molar-refractivity contribution < 1.29 is 17.6 Å². The van der Waals surface area contributed by atoms with Crippen LogP contribution in [0, 0.1) is 11.7 Å². The molecule has 2 N–H and O–H groups in total. The lowest BCUT2D eigenvalue weighted by Gasteiger charge is -2.20. The Bertz CT molecular complexity index is 621. The summed E-state index contributed by atoms with van der Waals surface area (Å²) in [6.07, 6.45) is 0.739. The van der Waals surface area contributed by atoms with Crippen LogP contribution in [0.1, 0.15) is 13.3 Å². The molecular formula is C14H20ClFN2O3S. The number of carbonyl (C=O) groups excluding carboxylic acids is 1. The van der Waals surface area contributed by atoms with Crippen molar-refractivity contribution in [3.05, 3.63) is 30.1 Å². The van der Waals surface area contributed by atoms with Crippen molar-refractivity contribution in [3.8, 4) is 0 Å². The number of carbonyl (C=O) groups is 1. The van der Waals surface area contributed by atoms with Crippen LogP contribution in [0.15, 0.2) is 29.2 Å². The number of rotatable bonds is 4. The van der Waals surface area contributed by atoms with Crippen LogP contribution >= 0.6 is 12.4 Å². The van der Waals surface area contributed by atoms with Crippen molar-refractivity contribution in [2.75, 3.05) is 18.8 Å². The van der Waals surface area contributed by atoms with E-state index in [0.717, 1.165) is 18.6 Å². The Morgan fingerprint density at radius 1 is 1.41 bits per heavy atom. The second-order valence-electron chi connectivity index (χ2n) is 5.47. The molecule has 1 aliphatic heterocycles. The first kappa shape index (κ1) is 18.9. The highest BCUT2D eigenvalue weighted by Crippen LogP contribution is 2.18. The van der Waals surface area contributed by atoms with Crippen molar-refractivity contribution in [1.29, 1.82) is 0 Å². The molecule has 124 valence electrons. The zero-order chi connectivity index (χ0) is 15.6. The Morgan fingerprint density at radius 3 is 2.50 bits per heavy atom. The average molecular weight is 351 g/mol. The van der Waals surface area contributed by atoms with E-state index in [1.807, 2.05) is 0 Å². The second kappa shape index (κ2) is 7.39. The molecule has 0 saturated carbocycles. The van der Waals surface area contributed by atoms with E-state index < -0.39 is 21.6 Å². The Morgan fingerprint density at radius 2 is 2.00 bits per heavy atom. The van der Waals surface area contributed by atoms with Gasteiger partial charge in [-0.15, -0.1) is 12.4 Å². The van der Waals surface area contributed by atoms with Crippen LogP contribution in [0.3, 0.4) is 0 Å². The van der Waals surface area contributed by atoms with Crippen molar-refractivity contribution in [3.63, 3.8) is 0 Å². The van der Waals surface area contributed by atoms with Crippen LogP contribution in [0.2, 0.25) is 0 Å². The van der Waals surface area contributed by atoms with E-state index in [1.165, 1.54) is 12.1 Å². The van der Waals surface area contributed by atoms with Gasteiger partial charge in [-0.3, -0.25) is 4.79 Å². The molecule has 1 heterocycles. The van der Waals surface area contributed by atoms with Crippen LogP contribution < -0.4 is 5.73 Å². The van der Waals surface area contributed by atoms with E-state index in [1.54, 1.807) is 11.8 Å². The standard InChI is InChI=1S/C14H19FN2O3S.ClH/c1-10(14(18)17-7-6-12(16)8-17)9-21(19,20)13-4-2-11(15)3-5-13;/h2-5,10,12H,6-9,16H2,1H3;1H/t10?,12-;/m1./s1. The quantitative estimate of drug-likeness (QED) is 0.828. The minimum absolute atomic E-state index is 0. The fraction of sp³-hybridized carbons (Fsp3) is 0.500. The summed E-state index contributed by atoms with van der Waals surface area (Å²) in [5, 5.41) is 0. The zero-order valence-electron chi connectivity index (χ0n) is 12.2. The van der Waals surface area contributed by atoms with Crippen molar-refractivity contribution >= 4 is 28.2 Å². The summed E-state index contributed by atoms with van der Waals surface area (Å²) in [5.41, 5.74) is 5.75. The lowest BCUT2D eigenvalue weighted by molar-refractivity contribution is -0.133. The number of hydrogen-bond acceptors (Lipinski definition) is 4. The molecule has 0 radical (unpaired) electrons. The molecule has 8 heteroatoms. The zero-order valence-corrected chi connectivity index (χ0v) is 13.9. The van der Waals surface area contributed by atoms with Gasteiger partial charge in [0.15, 0.2) is 9.84 Å². The third-order valence-electron chi connectivity index (χ3n) is 3.60. The monoisotopic (exact) mass is 350 g/mol. The number of sulfone groups is 1. The second-order valence-corrected chi connectivity index (χ2v) is 7.50.